The number of aliphatic carboxylic acids is 1. The lowest BCUT2D eigenvalue weighted by Crippen LogP contribution is -2.36. The predicted molar refractivity (Wildman–Crippen MR) is 58.7 cm³/mol. The molecule has 0 aromatic carbocycles. The number of aliphatic imine (C=N–C) groups is 1. The predicted octanol–water partition coefficient (Wildman–Crippen LogP) is -1.30. The number of nitrogens with zero attached hydrogens (tertiary/aromatic N) is 2. The van der Waals surface area contributed by atoms with Gasteiger partial charge in [-0.05, 0) is 12.8 Å². The van der Waals surface area contributed by atoms with Gasteiger partial charge in [-0.3, -0.25) is 4.79 Å². The molecule has 0 aromatic heterocycles. The van der Waals surface area contributed by atoms with Gasteiger partial charge < -0.3 is 16.6 Å². The molecule has 16 heavy (non-hydrogen) atoms. The van der Waals surface area contributed by atoms with Crippen molar-refractivity contribution in [3.63, 3.8) is 0 Å². The molecule has 10 heteroatoms. The van der Waals surface area contributed by atoms with E-state index in [1.807, 2.05) is 0 Å². The first-order valence-electron chi connectivity index (χ1n) is 4.13. The van der Waals surface area contributed by atoms with Gasteiger partial charge >= 0.3 is 5.97 Å². The largest absolute Gasteiger partial charge is 0.480 e. The highest BCUT2D eigenvalue weighted by molar-refractivity contribution is 5.85. The molecule has 0 aliphatic rings. The summed E-state index contributed by atoms with van der Waals surface area (Å²) < 4.78 is 0. The standard InChI is InChI=1S/C6H13N5O4.ClH/c7-4(5(12)13)2-1-3-9-6(8)10-11(14)15;/h4H,1-3,7H2,(H,12,13)(H3,8,9,10);1H/t4-;/m0./s1. The number of carboxylic acids is 1. The van der Waals surface area contributed by atoms with Crippen molar-refractivity contribution in [3.05, 3.63) is 10.1 Å². The SMILES string of the molecule is Cl.NC(=NCCC[C@H](N)C(=O)O)N[N+](=O)[O-]. The van der Waals surface area contributed by atoms with E-state index in [1.54, 1.807) is 5.43 Å². The number of hydrogen-bond donors (Lipinski definition) is 4. The van der Waals surface area contributed by atoms with Gasteiger partial charge in [0, 0.05) is 6.54 Å². The lowest BCUT2D eigenvalue weighted by atomic mass is 10.2. The van der Waals surface area contributed by atoms with Crippen LogP contribution in [-0.4, -0.2) is 34.7 Å². The van der Waals surface area contributed by atoms with Crippen LogP contribution in [0.1, 0.15) is 12.8 Å². The van der Waals surface area contributed by atoms with E-state index in [4.69, 9.17) is 16.6 Å². The highest BCUT2D eigenvalue weighted by Crippen LogP contribution is 1.94. The van der Waals surface area contributed by atoms with E-state index in [1.165, 1.54) is 0 Å². The molecule has 0 fully saturated rings. The van der Waals surface area contributed by atoms with E-state index in [-0.39, 0.29) is 31.3 Å². The van der Waals surface area contributed by atoms with Crippen molar-refractivity contribution in [1.29, 1.82) is 0 Å². The maximum absolute atomic E-state index is 10.3. The Morgan fingerprint density at radius 2 is 2.19 bits per heavy atom. The second kappa shape index (κ2) is 8.68. The summed E-state index contributed by atoms with van der Waals surface area (Å²) in [5.41, 5.74) is 12.0. The van der Waals surface area contributed by atoms with Crippen molar-refractivity contribution < 1.29 is 14.9 Å². The van der Waals surface area contributed by atoms with Gasteiger partial charge in [0.05, 0.1) is 0 Å². The first kappa shape index (κ1) is 16.8. The molecule has 0 aliphatic carbocycles. The van der Waals surface area contributed by atoms with E-state index in [0.717, 1.165) is 0 Å². The molecule has 9 nitrogen and oxygen atoms in total. The average Bonchev–Trinajstić information content (AvgIpc) is 2.10. The molecule has 0 aromatic rings. The van der Waals surface area contributed by atoms with Crippen LogP contribution in [0.25, 0.3) is 0 Å². The topological polar surface area (TPSA) is 157 Å². The van der Waals surface area contributed by atoms with Crippen LogP contribution in [0.5, 0.6) is 0 Å². The molecule has 1 atom stereocenters. The number of carboxylic acid groups (broad SMARTS) is 1. The number of rotatable bonds is 6. The number of nitro groups is 1. The quantitative estimate of drug-likeness (QED) is 0.151. The maximum Gasteiger partial charge on any atom is 0.320 e. The summed E-state index contributed by atoms with van der Waals surface area (Å²) in [5, 5.41) is 17.5. The van der Waals surface area contributed by atoms with Gasteiger partial charge in [0.2, 0.25) is 0 Å². The number of carbonyl (C=O) groups is 1. The third kappa shape index (κ3) is 8.97. The summed E-state index contributed by atoms with van der Waals surface area (Å²) >= 11 is 0. The Morgan fingerprint density at radius 3 is 2.62 bits per heavy atom. The zero-order chi connectivity index (χ0) is 11.8. The number of halogens is 1. The zero-order valence-corrected chi connectivity index (χ0v) is 9.14. The zero-order valence-electron chi connectivity index (χ0n) is 8.33. The Morgan fingerprint density at radius 1 is 1.62 bits per heavy atom. The van der Waals surface area contributed by atoms with Crippen LogP contribution in [0.2, 0.25) is 0 Å². The van der Waals surface area contributed by atoms with Crippen LogP contribution >= 0.6 is 12.4 Å². The minimum absolute atomic E-state index is 0. The number of nitrogens with two attached hydrogens (primary N) is 2. The second-order valence-electron chi connectivity index (χ2n) is 2.72. The second-order valence-corrected chi connectivity index (χ2v) is 2.72. The van der Waals surface area contributed by atoms with Gasteiger partial charge in [-0.25, -0.2) is 15.1 Å². The smallest absolute Gasteiger partial charge is 0.320 e. The maximum atomic E-state index is 10.3. The van der Waals surface area contributed by atoms with Crippen molar-refractivity contribution in [2.45, 2.75) is 18.9 Å². The third-order valence-electron chi connectivity index (χ3n) is 1.48. The minimum Gasteiger partial charge on any atom is -0.480 e. The van der Waals surface area contributed by atoms with Gasteiger partial charge in [0.15, 0.2) is 5.03 Å². The lowest BCUT2D eigenvalue weighted by molar-refractivity contribution is -0.525. The highest BCUT2D eigenvalue weighted by Gasteiger charge is 2.09. The van der Waals surface area contributed by atoms with E-state index < -0.39 is 17.0 Å². The molecule has 94 valence electrons. The van der Waals surface area contributed by atoms with Crippen LogP contribution < -0.4 is 16.9 Å². The molecule has 0 amide bonds. The fourth-order valence-corrected chi connectivity index (χ4v) is 0.763. The highest BCUT2D eigenvalue weighted by atomic mass is 35.5. The summed E-state index contributed by atoms with van der Waals surface area (Å²) in [6, 6.07) is -0.940. The molecule has 0 saturated carbocycles. The van der Waals surface area contributed by atoms with E-state index in [0.29, 0.717) is 6.42 Å². The Labute approximate surface area is 97.4 Å². The fraction of sp³-hybridized carbons (Fsp3) is 0.667. The summed E-state index contributed by atoms with van der Waals surface area (Å²) in [6.45, 7) is 0.188. The van der Waals surface area contributed by atoms with Crippen molar-refractivity contribution in [2.24, 2.45) is 16.5 Å². The van der Waals surface area contributed by atoms with E-state index >= 15 is 0 Å². The Hall–Kier alpha value is -1.61. The number of guanidine groups is 1. The van der Waals surface area contributed by atoms with Gasteiger partial charge in [-0.1, -0.05) is 5.43 Å². The third-order valence-corrected chi connectivity index (χ3v) is 1.48. The van der Waals surface area contributed by atoms with Crippen molar-refractivity contribution >= 4 is 24.3 Å². The van der Waals surface area contributed by atoms with Crippen LogP contribution in [0.15, 0.2) is 4.99 Å². The van der Waals surface area contributed by atoms with Crippen LogP contribution in [-0.2, 0) is 4.79 Å². The first-order valence-corrected chi connectivity index (χ1v) is 4.13. The van der Waals surface area contributed by atoms with Crippen molar-refractivity contribution in [1.82, 2.24) is 5.43 Å². The number of nitrogens with one attached hydrogen (secondary N) is 1. The Bertz CT molecular complexity index is 272. The summed E-state index contributed by atoms with van der Waals surface area (Å²) in [7, 11) is 0. The van der Waals surface area contributed by atoms with Gasteiger partial charge in [0.1, 0.15) is 6.04 Å². The fourth-order valence-electron chi connectivity index (χ4n) is 0.763. The summed E-state index contributed by atoms with van der Waals surface area (Å²) in [5.74, 6) is -1.40. The molecule has 0 rings (SSSR count). The number of hydrazine groups is 1. The summed E-state index contributed by atoms with van der Waals surface area (Å²) in [6.07, 6.45) is 0.637. The Kier molecular flexibility index (Phi) is 9.12. The molecule has 6 N–H and O–H groups in total. The van der Waals surface area contributed by atoms with Crippen LogP contribution in [0.3, 0.4) is 0 Å². The summed E-state index contributed by atoms with van der Waals surface area (Å²) in [4.78, 5) is 23.8. The normalized spacial score (nSPS) is 12.4. The molecular formula is C6H14ClN5O4. The lowest BCUT2D eigenvalue weighted by Gasteiger charge is -2.03. The van der Waals surface area contributed by atoms with Crippen molar-refractivity contribution in [3.8, 4) is 0 Å². The average molecular weight is 256 g/mol. The monoisotopic (exact) mass is 255 g/mol. The van der Waals surface area contributed by atoms with Gasteiger partial charge in [-0.15, -0.1) is 12.4 Å². The first-order chi connectivity index (χ1) is 6.93. The molecule has 0 spiro atoms. The molecule has 0 radical (unpaired) electrons. The molecular weight excluding hydrogens is 242 g/mol. The van der Waals surface area contributed by atoms with Gasteiger partial charge in [0.25, 0.3) is 5.96 Å². The van der Waals surface area contributed by atoms with Crippen LogP contribution in [0, 0.1) is 10.1 Å². The molecule has 0 heterocycles. The minimum atomic E-state index is -1.09. The molecule has 0 unspecified atom stereocenters. The van der Waals surface area contributed by atoms with Crippen LogP contribution in [0.4, 0.5) is 0 Å². The number of hydrogen-bond acceptors (Lipinski definition) is 5. The van der Waals surface area contributed by atoms with E-state index in [2.05, 4.69) is 4.99 Å². The Balaban J connectivity index is 0. The van der Waals surface area contributed by atoms with E-state index in [9.17, 15) is 14.9 Å². The molecule has 0 aliphatic heterocycles. The van der Waals surface area contributed by atoms with Gasteiger partial charge in [-0.2, -0.15) is 0 Å². The molecule has 0 saturated heterocycles. The van der Waals surface area contributed by atoms with Crippen molar-refractivity contribution in [2.75, 3.05) is 6.54 Å². The molecule has 0 bridgehead atoms.